The summed E-state index contributed by atoms with van der Waals surface area (Å²) in [7, 11) is 0. The quantitative estimate of drug-likeness (QED) is 0.159. The van der Waals surface area contributed by atoms with Crippen LogP contribution in [0.2, 0.25) is 10.0 Å². The first-order valence-electron chi connectivity index (χ1n) is 17.4. The van der Waals surface area contributed by atoms with Gasteiger partial charge in [-0.3, -0.25) is 19.4 Å². The van der Waals surface area contributed by atoms with Gasteiger partial charge in [-0.15, -0.1) is 0 Å². The highest BCUT2D eigenvalue weighted by Gasteiger charge is 2.36. The van der Waals surface area contributed by atoms with E-state index in [2.05, 4.69) is 72.1 Å². The van der Waals surface area contributed by atoms with E-state index in [-0.39, 0.29) is 22.8 Å². The Kier molecular flexibility index (Phi) is 10.5. The van der Waals surface area contributed by atoms with Gasteiger partial charge in [0, 0.05) is 55.9 Å². The van der Waals surface area contributed by atoms with Crippen molar-refractivity contribution in [2.75, 3.05) is 48.3 Å². The molecular weight excluding hydrogens is 659 g/mol. The van der Waals surface area contributed by atoms with Gasteiger partial charge < -0.3 is 20.0 Å². The smallest absolute Gasteiger partial charge is 0.253 e. The van der Waals surface area contributed by atoms with E-state index in [0.29, 0.717) is 34.6 Å². The van der Waals surface area contributed by atoms with Crippen molar-refractivity contribution in [1.29, 1.82) is 0 Å². The third-order valence-electron chi connectivity index (χ3n) is 10.4. The average Bonchev–Trinajstić information content (AvgIpc) is 3.52. The zero-order valence-electron chi connectivity index (χ0n) is 29.4. The Labute approximate surface area is 299 Å². The summed E-state index contributed by atoms with van der Waals surface area (Å²) >= 11 is 13.0. The van der Waals surface area contributed by atoms with Crippen LogP contribution in [-0.2, 0) is 0 Å². The van der Waals surface area contributed by atoms with Crippen LogP contribution in [0.15, 0.2) is 62.7 Å². The van der Waals surface area contributed by atoms with E-state index >= 15 is 0 Å². The zero-order valence-corrected chi connectivity index (χ0v) is 30.9. The van der Waals surface area contributed by atoms with Gasteiger partial charge in [0.2, 0.25) is 0 Å². The van der Waals surface area contributed by atoms with Crippen LogP contribution in [0.1, 0.15) is 83.0 Å². The van der Waals surface area contributed by atoms with Gasteiger partial charge in [0.15, 0.2) is 0 Å². The lowest BCUT2D eigenvalue weighted by atomic mass is 9.85. The van der Waals surface area contributed by atoms with Crippen molar-refractivity contribution in [3.05, 3.63) is 96.2 Å². The minimum atomic E-state index is -0.571. The lowest BCUT2D eigenvalue weighted by molar-refractivity contribution is 0.0515. The van der Waals surface area contributed by atoms with Gasteiger partial charge in [0.1, 0.15) is 28.7 Å². The van der Waals surface area contributed by atoms with Crippen LogP contribution in [0.3, 0.4) is 0 Å². The molecule has 9 nitrogen and oxygen atoms in total. The Morgan fingerprint density at radius 3 is 2.29 bits per heavy atom. The number of hydrogen-bond acceptors (Lipinski definition) is 9. The fourth-order valence-corrected chi connectivity index (χ4v) is 7.87. The fraction of sp³-hybridized carbons (Fsp3) is 0.500. The van der Waals surface area contributed by atoms with E-state index in [1.54, 1.807) is 12.3 Å². The van der Waals surface area contributed by atoms with Crippen LogP contribution in [0.4, 0.5) is 22.9 Å². The van der Waals surface area contributed by atoms with Gasteiger partial charge in [0.05, 0.1) is 22.9 Å². The number of likely N-dealkylation sites (tertiary alicyclic amines) is 1. The summed E-state index contributed by atoms with van der Waals surface area (Å²) in [5, 5.41) is 7.69. The van der Waals surface area contributed by atoms with Gasteiger partial charge in [0.25, 0.3) is 10.9 Å². The Balaban J connectivity index is 1.08. The SMILES string of the molecule is CCC1CN(c2ncc(Nc3c(N[C@@H](c4ccc(C)o4)C(C)(C)C)c(=O)c3=O)cc2Cl)CCN1C1CCN(C(C)c2ccc(Cl)cc2)CC1. The second kappa shape index (κ2) is 14.5. The second-order valence-electron chi connectivity index (χ2n) is 14.7. The molecule has 0 amide bonds. The second-order valence-corrected chi connectivity index (χ2v) is 15.5. The number of halogens is 2. The van der Waals surface area contributed by atoms with Gasteiger partial charge in [-0.05, 0) is 74.4 Å². The van der Waals surface area contributed by atoms with Crippen molar-refractivity contribution in [3.63, 3.8) is 0 Å². The lowest BCUT2D eigenvalue weighted by Crippen LogP contribution is -2.58. The molecule has 0 radical (unpaired) electrons. The van der Waals surface area contributed by atoms with Crippen molar-refractivity contribution in [2.24, 2.45) is 5.41 Å². The van der Waals surface area contributed by atoms with Crippen LogP contribution in [0.5, 0.6) is 0 Å². The number of aromatic nitrogens is 1. The van der Waals surface area contributed by atoms with E-state index in [1.807, 2.05) is 31.2 Å². The summed E-state index contributed by atoms with van der Waals surface area (Å²) < 4.78 is 5.89. The van der Waals surface area contributed by atoms with E-state index in [0.717, 1.165) is 68.6 Å². The summed E-state index contributed by atoms with van der Waals surface area (Å²) in [6, 6.07) is 14.8. The number of rotatable bonds is 10. The molecule has 0 saturated carbocycles. The first-order valence-corrected chi connectivity index (χ1v) is 18.2. The number of anilines is 4. The third-order valence-corrected chi connectivity index (χ3v) is 10.9. The third kappa shape index (κ3) is 7.55. The molecule has 2 aromatic carbocycles. The summed E-state index contributed by atoms with van der Waals surface area (Å²) in [4.78, 5) is 37.7. The molecule has 3 atom stereocenters. The predicted octanol–water partition coefficient (Wildman–Crippen LogP) is 7.95. The molecule has 262 valence electrons. The Morgan fingerprint density at radius 2 is 1.67 bits per heavy atom. The van der Waals surface area contributed by atoms with Crippen LogP contribution in [0.25, 0.3) is 0 Å². The highest BCUT2D eigenvalue weighted by molar-refractivity contribution is 6.33. The van der Waals surface area contributed by atoms with Gasteiger partial charge in [-0.2, -0.15) is 0 Å². The van der Waals surface area contributed by atoms with E-state index in [9.17, 15) is 9.59 Å². The van der Waals surface area contributed by atoms with Crippen LogP contribution in [-0.4, -0.2) is 59.6 Å². The molecule has 4 heterocycles. The molecule has 6 rings (SSSR count). The molecule has 2 fully saturated rings. The molecule has 2 aliphatic rings. The number of pyridine rings is 1. The summed E-state index contributed by atoms with van der Waals surface area (Å²) in [6.45, 7) is 17.4. The molecule has 2 aromatic heterocycles. The number of aryl methyl sites for hydroxylation is 1. The summed E-state index contributed by atoms with van der Waals surface area (Å²) in [5.41, 5.74) is 0.897. The Morgan fingerprint density at radius 1 is 0.980 bits per heavy atom. The van der Waals surface area contributed by atoms with Crippen molar-refractivity contribution in [3.8, 4) is 0 Å². The van der Waals surface area contributed by atoms with Gasteiger partial charge in [-0.1, -0.05) is 63.0 Å². The molecule has 11 heteroatoms. The minimum absolute atomic E-state index is 0.210. The number of hydrogen-bond donors (Lipinski definition) is 2. The maximum atomic E-state index is 12.7. The number of nitrogens with zero attached hydrogens (tertiary/aromatic N) is 4. The number of furan rings is 1. The zero-order chi connectivity index (χ0) is 35.0. The largest absolute Gasteiger partial charge is 0.464 e. The molecule has 2 N–H and O–H groups in total. The van der Waals surface area contributed by atoms with Crippen molar-refractivity contribution >= 4 is 46.1 Å². The fourth-order valence-electron chi connectivity index (χ4n) is 7.45. The first kappa shape index (κ1) is 35.5. The number of piperazine rings is 1. The monoisotopic (exact) mass is 706 g/mol. The summed E-state index contributed by atoms with van der Waals surface area (Å²) in [5.74, 6) is 2.22. The van der Waals surface area contributed by atoms with Crippen LogP contribution >= 0.6 is 23.2 Å². The lowest BCUT2D eigenvalue weighted by Gasteiger charge is -2.48. The van der Waals surface area contributed by atoms with Gasteiger partial charge >= 0.3 is 0 Å². The molecular formula is C38H48Cl2N6O3. The van der Waals surface area contributed by atoms with Crippen LogP contribution < -0.4 is 26.4 Å². The topological polar surface area (TPSA) is 93.9 Å². The summed E-state index contributed by atoms with van der Waals surface area (Å²) in [6.07, 6.45) is 5.03. The van der Waals surface area contributed by atoms with Crippen LogP contribution in [0, 0.1) is 12.3 Å². The molecule has 2 aliphatic heterocycles. The number of nitrogens with one attached hydrogen (secondary N) is 2. The van der Waals surface area contributed by atoms with Crippen molar-refractivity contribution < 1.29 is 4.42 Å². The molecule has 0 spiro atoms. The number of piperidine rings is 1. The highest BCUT2D eigenvalue weighted by Crippen LogP contribution is 2.38. The molecule has 49 heavy (non-hydrogen) atoms. The standard InChI is InChI=1S/C38H48Cl2N6O3/c1-7-28-22-45(18-19-46(28)29-14-16-44(17-15-29)24(3)25-9-11-26(39)12-10-25)37-30(40)20-27(21-41-37)42-32-33(35(48)34(32)47)43-36(38(4,5)6)31-13-8-23(2)49-31/h8-13,20-21,24,28-29,36,42-43H,7,14-19,22H2,1-6H3/t24?,28?,36-/m0/s1. The van der Waals surface area contributed by atoms with Gasteiger partial charge in [-0.25, -0.2) is 4.98 Å². The van der Waals surface area contributed by atoms with E-state index in [1.165, 1.54) is 5.56 Å². The van der Waals surface area contributed by atoms with E-state index in [4.69, 9.17) is 32.6 Å². The molecule has 0 bridgehead atoms. The minimum Gasteiger partial charge on any atom is -0.464 e. The van der Waals surface area contributed by atoms with Crippen molar-refractivity contribution in [2.45, 2.75) is 85.0 Å². The molecule has 4 aromatic rings. The van der Waals surface area contributed by atoms with Crippen molar-refractivity contribution in [1.82, 2.24) is 14.8 Å². The molecule has 2 unspecified atom stereocenters. The Bertz CT molecular complexity index is 1820. The highest BCUT2D eigenvalue weighted by atomic mass is 35.5. The molecule has 2 saturated heterocycles. The maximum Gasteiger partial charge on any atom is 0.253 e. The maximum absolute atomic E-state index is 12.7. The normalized spacial score (nSPS) is 19.7. The Hall–Kier alpha value is -3.37. The number of benzene rings is 1. The molecule has 0 aliphatic carbocycles. The van der Waals surface area contributed by atoms with E-state index < -0.39 is 10.9 Å². The average molecular weight is 708 g/mol. The first-order chi connectivity index (χ1) is 23.3. The predicted molar refractivity (Wildman–Crippen MR) is 201 cm³/mol.